The second-order valence-electron chi connectivity index (χ2n) is 8.10. The number of hydrogen-bond donors (Lipinski definition) is 0. The summed E-state index contributed by atoms with van der Waals surface area (Å²) in [4.78, 5) is 28.8. The highest BCUT2D eigenvalue weighted by molar-refractivity contribution is 5.82. The van der Waals surface area contributed by atoms with Crippen molar-refractivity contribution < 1.29 is 13.9 Å². The van der Waals surface area contributed by atoms with Crippen LogP contribution >= 0.6 is 0 Å². The van der Waals surface area contributed by atoms with Gasteiger partial charge >= 0.3 is 5.63 Å². The second-order valence-corrected chi connectivity index (χ2v) is 8.10. The third-order valence-electron chi connectivity index (χ3n) is 6.30. The molecule has 1 amide bonds. The summed E-state index contributed by atoms with van der Waals surface area (Å²) in [7, 11) is 0. The summed E-state index contributed by atoms with van der Waals surface area (Å²) in [6.07, 6.45) is 7.40. The number of ether oxygens (including phenoxy) is 1. The van der Waals surface area contributed by atoms with Crippen LogP contribution in [-0.2, 0) is 11.2 Å². The molecule has 2 aromatic rings. The van der Waals surface area contributed by atoms with E-state index in [0.29, 0.717) is 17.4 Å². The van der Waals surface area contributed by atoms with Crippen LogP contribution in [0.25, 0.3) is 11.0 Å². The van der Waals surface area contributed by atoms with Gasteiger partial charge in [-0.25, -0.2) is 4.79 Å². The normalized spacial score (nSPS) is 18.9. The van der Waals surface area contributed by atoms with Crippen molar-refractivity contribution in [2.75, 3.05) is 32.8 Å². The predicted molar refractivity (Wildman–Crippen MR) is 112 cm³/mol. The smallest absolute Gasteiger partial charge is 0.336 e. The van der Waals surface area contributed by atoms with Crippen LogP contribution in [0.5, 0.6) is 5.75 Å². The number of hydrogen-bond acceptors (Lipinski definition) is 5. The highest BCUT2D eigenvalue weighted by Crippen LogP contribution is 2.24. The first kappa shape index (κ1) is 20.0. The summed E-state index contributed by atoms with van der Waals surface area (Å²) >= 11 is 0. The number of benzene rings is 1. The van der Waals surface area contributed by atoms with Crippen LogP contribution in [0.2, 0.25) is 0 Å². The molecular formula is C23H30N2O4. The van der Waals surface area contributed by atoms with Crippen molar-refractivity contribution in [3.8, 4) is 5.75 Å². The maximum Gasteiger partial charge on any atom is 0.336 e. The lowest BCUT2D eigenvalue weighted by Gasteiger charge is -2.40. The minimum Gasteiger partial charge on any atom is -0.484 e. The largest absolute Gasteiger partial charge is 0.484 e. The zero-order chi connectivity index (χ0) is 20.2. The molecule has 2 fully saturated rings. The minimum absolute atomic E-state index is 0.00658. The Balaban J connectivity index is 1.32. The monoisotopic (exact) mass is 398 g/mol. The van der Waals surface area contributed by atoms with Crippen LogP contribution in [0.1, 0.15) is 44.6 Å². The molecule has 0 radical (unpaired) electrons. The van der Waals surface area contributed by atoms with Gasteiger partial charge in [0.1, 0.15) is 11.3 Å². The quantitative estimate of drug-likeness (QED) is 0.724. The molecule has 2 heterocycles. The summed E-state index contributed by atoms with van der Waals surface area (Å²) < 4.78 is 11.0. The summed E-state index contributed by atoms with van der Waals surface area (Å²) in [5.41, 5.74) is 1.09. The van der Waals surface area contributed by atoms with Crippen molar-refractivity contribution in [2.45, 2.75) is 51.5 Å². The number of carbonyl (C=O) groups is 1. The van der Waals surface area contributed by atoms with E-state index < -0.39 is 0 Å². The van der Waals surface area contributed by atoms with E-state index in [-0.39, 0.29) is 18.1 Å². The lowest BCUT2D eigenvalue weighted by atomic mass is 9.94. The molecule has 29 heavy (non-hydrogen) atoms. The molecule has 1 aliphatic carbocycles. The van der Waals surface area contributed by atoms with E-state index in [1.165, 1.54) is 38.2 Å². The number of piperazine rings is 1. The molecule has 1 saturated heterocycles. The minimum atomic E-state index is -0.363. The van der Waals surface area contributed by atoms with E-state index in [0.717, 1.165) is 43.5 Å². The Morgan fingerprint density at radius 2 is 1.86 bits per heavy atom. The summed E-state index contributed by atoms with van der Waals surface area (Å²) in [6.45, 7) is 5.46. The third kappa shape index (κ3) is 4.64. The average molecular weight is 399 g/mol. The van der Waals surface area contributed by atoms with E-state index in [2.05, 4.69) is 4.90 Å². The van der Waals surface area contributed by atoms with Crippen LogP contribution in [-0.4, -0.2) is 54.5 Å². The first-order valence-corrected chi connectivity index (χ1v) is 10.9. The van der Waals surface area contributed by atoms with Crippen LogP contribution in [0.4, 0.5) is 0 Å². The Bertz CT molecular complexity index is 909. The molecule has 0 spiro atoms. The van der Waals surface area contributed by atoms with Gasteiger partial charge in [-0.05, 0) is 37.0 Å². The number of carbonyl (C=O) groups excluding carboxylic acids is 1. The number of nitrogens with zero attached hydrogens (tertiary/aromatic N) is 2. The van der Waals surface area contributed by atoms with Crippen LogP contribution in [0, 0.1) is 0 Å². The average Bonchev–Trinajstić information content (AvgIpc) is 2.77. The van der Waals surface area contributed by atoms with Crippen molar-refractivity contribution in [3.63, 3.8) is 0 Å². The molecule has 2 aliphatic rings. The van der Waals surface area contributed by atoms with E-state index in [1.54, 1.807) is 6.07 Å². The zero-order valence-corrected chi connectivity index (χ0v) is 17.2. The Labute approximate surface area is 171 Å². The van der Waals surface area contributed by atoms with E-state index in [9.17, 15) is 9.59 Å². The van der Waals surface area contributed by atoms with Gasteiger partial charge in [0, 0.05) is 49.7 Å². The van der Waals surface area contributed by atoms with Crippen molar-refractivity contribution in [2.24, 2.45) is 0 Å². The molecule has 6 nitrogen and oxygen atoms in total. The van der Waals surface area contributed by atoms with E-state index in [1.807, 2.05) is 24.0 Å². The number of amides is 1. The molecule has 6 heteroatoms. The standard InChI is InChI=1S/C23H30N2O4/c1-2-17-14-23(27)29-21-15-19(8-9-20(17)21)28-16-22(26)25-12-10-24(11-13-25)18-6-4-3-5-7-18/h8-9,14-15,18H,2-7,10-13,16H2,1H3. The van der Waals surface area contributed by atoms with Gasteiger partial charge in [-0.2, -0.15) is 0 Å². The van der Waals surface area contributed by atoms with Gasteiger partial charge in [0.05, 0.1) is 0 Å². The Morgan fingerprint density at radius 1 is 1.10 bits per heavy atom. The fourth-order valence-corrected chi connectivity index (χ4v) is 4.61. The molecule has 1 aromatic heterocycles. The van der Waals surface area contributed by atoms with Crippen molar-refractivity contribution >= 4 is 16.9 Å². The SMILES string of the molecule is CCc1cc(=O)oc2cc(OCC(=O)N3CCN(C4CCCCC4)CC3)ccc12. The second kappa shape index (κ2) is 8.99. The first-order valence-electron chi connectivity index (χ1n) is 10.9. The van der Waals surface area contributed by atoms with Crippen molar-refractivity contribution in [1.82, 2.24) is 9.80 Å². The Hall–Kier alpha value is -2.34. The fourth-order valence-electron chi connectivity index (χ4n) is 4.61. The summed E-state index contributed by atoms with van der Waals surface area (Å²) in [5, 5.41) is 0.907. The predicted octanol–water partition coefficient (Wildman–Crippen LogP) is 3.21. The molecule has 1 aromatic carbocycles. The highest BCUT2D eigenvalue weighted by atomic mass is 16.5. The number of aryl methyl sites for hydroxylation is 1. The maximum atomic E-state index is 12.6. The van der Waals surface area contributed by atoms with Crippen LogP contribution in [0.3, 0.4) is 0 Å². The highest BCUT2D eigenvalue weighted by Gasteiger charge is 2.27. The molecule has 4 rings (SSSR count). The van der Waals surface area contributed by atoms with E-state index in [4.69, 9.17) is 9.15 Å². The van der Waals surface area contributed by atoms with Gasteiger partial charge in [-0.3, -0.25) is 9.69 Å². The molecule has 156 valence electrons. The van der Waals surface area contributed by atoms with Gasteiger partial charge in [0.15, 0.2) is 6.61 Å². The lowest BCUT2D eigenvalue weighted by molar-refractivity contribution is -0.135. The Kier molecular flexibility index (Phi) is 6.19. The van der Waals surface area contributed by atoms with Gasteiger partial charge < -0.3 is 14.1 Å². The number of fused-ring (bicyclic) bond motifs is 1. The first-order chi connectivity index (χ1) is 14.1. The van der Waals surface area contributed by atoms with Crippen LogP contribution in [0.15, 0.2) is 33.5 Å². The van der Waals surface area contributed by atoms with Gasteiger partial charge in [-0.1, -0.05) is 26.2 Å². The molecule has 0 N–H and O–H groups in total. The molecule has 0 atom stereocenters. The zero-order valence-electron chi connectivity index (χ0n) is 17.2. The molecule has 0 bridgehead atoms. The van der Waals surface area contributed by atoms with Gasteiger partial charge in [0.2, 0.25) is 0 Å². The Morgan fingerprint density at radius 3 is 2.59 bits per heavy atom. The van der Waals surface area contributed by atoms with Gasteiger partial charge in [-0.15, -0.1) is 0 Å². The molecular weight excluding hydrogens is 368 g/mol. The summed E-state index contributed by atoms with van der Waals surface area (Å²) in [6, 6.07) is 7.65. The van der Waals surface area contributed by atoms with Gasteiger partial charge in [0.25, 0.3) is 5.91 Å². The van der Waals surface area contributed by atoms with Crippen molar-refractivity contribution in [1.29, 1.82) is 0 Å². The maximum absolute atomic E-state index is 12.6. The molecule has 1 saturated carbocycles. The number of rotatable bonds is 5. The lowest BCUT2D eigenvalue weighted by Crippen LogP contribution is -2.53. The topological polar surface area (TPSA) is 63.0 Å². The fraction of sp³-hybridized carbons (Fsp3) is 0.565. The molecule has 0 unspecified atom stereocenters. The third-order valence-corrected chi connectivity index (χ3v) is 6.30. The van der Waals surface area contributed by atoms with Crippen molar-refractivity contribution in [3.05, 3.63) is 40.2 Å². The van der Waals surface area contributed by atoms with Crippen LogP contribution < -0.4 is 10.4 Å². The van der Waals surface area contributed by atoms with E-state index >= 15 is 0 Å². The molecule has 1 aliphatic heterocycles. The summed E-state index contributed by atoms with van der Waals surface area (Å²) in [5.74, 6) is 0.556.